The predicted molar refractivity (Wildman–Crippen MR) is 91.8 cm³/mol. The Balaban J connectivity index is 1.77. The molecule has 2 heterocycles. The number of aliphatic hydroxyl groups is 1. The maximum atomic E-state index is 9.80. The molecule has 1 aliphatic rings. The lowest BCUT2D eigenvalue weighted by Crippen LogP contribution is -2.45. The van der Waals surface area contributed by atoms with E-state index in [2.05, 4.69) is 22.2 Å². The van der Waals surface area contributed by atoms with Gasteiger partial charge < -0.3 is 20.1 Å². The quantitative estimate of drug-likeness (QED) is 0.742. The second kappa shape index (κ2) is 8.99. The number of methoxy groups -OCH3 is 1. The molecule has 0 amide bonds. The van der Waals surface area contributed by atoms with Gasteiger partial charge in [-0.1, -0.05) is 18.5 Å². The molecule has 132 valence electrons. The Kier molecular flexibility index (Phi) is 7.30. The van der Waals surface area contributed by atoms with Gasteiger partial charge in [-0.05, 0) is 32.4 Å². The zero-order valence-electron chi connectivity index (χ0n) is 14.4. The molecule has 0 radical (unpaired) electrons. The Morgan fingerprint density at radius 3 is 2.74 bits per heavy atom. The summed E-state index contributed by atoms with van der Waals surface area (Å²) < 4.78 is 6.73. The smallest absolute Gasteiger partial charge is 0.131 e. The molecule has 0 aliphatic carbocycles. The number of ether oxygens (including phenoxy) is 1. The number of aromatic nitrogens is 2. The minimum absolute atomic E-state index is 0.397. The van der Waals surface area contributed by atoms with Crippen LogP contribution >= 0.6 is 11.6 Å². The van der Waals surface area contributed by atoms with Crippen LogP contribution in [-0.4, -0.2) is 65.3 Å². The third kappa shape index (κ3) is 5.16. The number of rotatable bonds is 8. The number of aryl methyl sites for hydroxylation is 2. The van der Waals surface area contributed by atoms with Crippen molar-refractivity contribution in [1.82, 2.24) is 20.0 Å². The highest BCUT2D eigenvalue weighted by Gasteiger charge is 2.22. The molecule has 6 nitrogen and oxygen atoms in total. The van der Waals surface area contributed by atoms with Crippen molar-refractivity contribution in [3.63, 3.8) is 0 Å². The van der Waals surface area contributed by atoms with E-state index in [1.165, 1.54) is 0 Å². The first-order valence-corrected chi connectivity index (χ1v) is 8.75. The minimum Gasteiger partial charge on any atom is -0.389 e. The van der Waals surface area contributed by atoms with E-state index in [0.717, 1.165) is 55.3 Å². The highest BCUT2D eigenvalue weighted by atomic mass is 35.5. The van der Waals surface area contributed by atoms with Crippen LogP contribution in [0.2, 0.25) is 5.15 Å². The Hall–Kier alpha value is -0.660. The van der Waals surface area contributed by atoms with E-state index in [9.17, 15) is 5.11 Å². The van der Waals surface area contributed by atoms with Crippen LogP contribution in [0.25, 0.3) is 0 Å². The number of aliphatic hydroxyl groups excluding tert-OH is 1. The number of nitrogens with one attached hydrogen (secondary N) is 1. The number of likely N-dealkylation sites (tertiary alicyclic amines) is 1. The van der Waals surface area contributed by atoms with Crippen molar-refractivity contribution < 1.29 is 9.84 Å². The molecule has 7 heteroatoms. The molecule has 23 heavy (non-hydrogen) atoms. The minimum atomic E-state index is -0.397. The molecule has 1 fully saturated rings. The van der Waals surface area contributed by atoms with Gasteiger partial charge in [0.05, 0.1) is 18.4 Å². The molecule has 0 aromatic carbocycles. The predicted octanol–water partition coefficient (Wildman–Crippen LogP) is 1.20. The number of piperidine rings is 1. The SMILES string of the molecule is CCc1nn(C)c(Cl)c1CNC1CCN(CC(O)COC)CC1. The Labute approximate surface area is 143 Å². The van der Waals surface area contributed by atoms with Gasteiger partial charge in [0, 0.05) is 38.9 Å². The standard InChI is InChI=1S/C16H29ClN4O2/c1-4-15-14(16(17)20(2)19-15)9-18-12-5-7-21(8-6-12)10-13(22)11-23-3/h12-13,18,22H,4-11H2,1-3H3. The van der Waals surface area contributed by atoms with Gasteiger partial charge in [-0.15, -0.1) is 0 Å². The van der Waals surface area contributed by atoms with Gasteiger partial charge >= 0.3 is 0 Å². The molecule has 1 unspecified atom stereocenters. The zero-order valence-corrected chi connectivity index (χ0v) is 15.1. The van der Waals surface area contributed by atoms with Gasteiger partial charge in [-0.2, -0.15) is 5.10 Å². The normalized spacial score (nSPS) is 18.5. The fourth-order valence-corrected chi connectivity index (χ4v) is 3.38. The summed E-state index contributed by atoms with van der Waals surface area (Å²) in [6, 6.07) is 0.492. The second-order valence-corrected chi connectivity index (χ2v) is 6.62. The lowest BCUT2D eigenvalue weighted by molar-refractivity contribution is 0.0310. The average Bonchev–Trinajstić information content (AvgIpc) is 2.81. The van der Waals surface area contributed by atoms with Crippen molar-refractivity contribution in [2.24, 2.45) is 7.05 Å². The van der Waals surface area contributed by atoms with Crippen molar-refractivity contribution in [2.45, 2.75) is 44.9 Å². The molecule has 1 aliphatic heterocycles. The Bertz CT molecular complexity index is 487. The Morgan fingerprint density at radius 2 is 2.13 bits per heavy atom. The molecule has 2 N–H and O–H groups in total. The number of β-amino-alcohol motifs (C(OH)–C–C–N with tert-alkyl or cyclic N) is 1. The third-order valence-corrected chi connectivity index (χ3v) is 4.94. The summed E-state index contributed by atoms with van der Waals surface area (Å²) in [6.07, 6.45) is 2.66. The molecular formula is C16H29ClN4O2. The summed E-state index contributed by atoms with van der Waals surface area (Å²) >= 11 is 6.33. The van der Waals surface area contributed by atoms with Crippen LogP contribution in [0.15, 0.2) is 0 Å². The Morgan fingerprint density at radius 1 is 1.43 bits per heavy atom. The van der Waals surface area contributed by atoms with E-state index < -0.39 is 6.10 Å². The fourth-order valence-electron chi connectivity index (χ4n) is 3.17. The summed E-state index contributed by atoms with van der Waals surface area (Å²) in [5.74, 6) is 0. The molecule has 0 spiro atoms. The van der Waals surface area contributed by atoms with E-state index in [-0.39, 0.29) is 0 Å². The molecule has 0 saturated carbocycles. The van der Waals surface area contributed by atoms with Crippen molar-refractivity contribution in [3.8, 4) is 0 Å². The first-order valence-electron chi connectivity index (χ1n) is 8.38. The van der Waals surface area contributed by atoms with Gasteiger partial charge in [0.1, 0.15) is 5.15 Å². The van der Waals surface area contributed by atoms with Gasteiger partial charge in [0.2, 0.25) is 0 Å². The largest absolute Gasteiger partial charge is 0.389 e. The number of hydrogen-bond acceptors (Lipinski definition) is 5. The van der Waals surface area contributed by atoms with Crippen molar-refractivity contribution >= 4 is 11.6 Å². The summed E-state index contributed by atoms with van der Waals surface area (Å²) in [5, 5.41) is 18.6. The summed E-state index contributed by atoms with van der Waals surface area (Å²) in [4.78, 5) is 2.30. The van der Waals surface area contributed by atoms with Crippen LogP contribution in [0.3, 0.4) is 0 Å². The maximum absolute atomic E-state index is 9.80. The van der Waals surface area contributed by atoms with Gasteiger partial charge in [0.15, 0.2) is 0 Å². The molecule has 0 bridgehead atoms. The summed E-state index contributed by atoms with van der Waals surface area (Å²) in [7, 11) is 3.50. The fraction of sp³-hybridized carbons (Fsp3) is 0.812. The summed E-state index contributed by atoms with van der Waals surface area (Å²) in [6.45, 7) is 5.96. The van der Waals surface area contributed by atoms with Crippen LogP contribution in [0.4, 0.5) is 0 Å². The molecule has 1 atom stereocenters. The molecule has 1 aromatic heterocycles. The van der Waals surface area contributed by atoms with Crippen LogP contribution in [0.1, 0.15) is 31.0 Å². The van der Waals surface area contributed by atoms with Gasteiger partial charge in [-0.25, -0.2) is 0 Å². The monoisotopic (exact) mass is 344 g/mol. The molecule has 1 saturated heterocycles. The second-order valence-electron chi connectivity index (χ2n) is 6.26. The number of halogens is 1. The zero-order chi connectivity index (χ0) is 16.8. The van der Waals surface area contributed by atoms with E-state index in [1.807, 2.05) is 7.05 Å². The number of hydrogen-bond donors (Lipinski definition) is 2. The topological polar surface area (TPSA) is 62.6 Å². The first kappa shape index (κ1) is 18.7. The maximum Gasteiger partial charge on any atom is 0.131 e. The first-order chi connectivity index (χ1) is 11.0. The van der Waals surface area contributed by atoms with Crippen LogP contribution in [-0.2, 0) is 24.8 Å². The van der Waals surface area contributed by atoms with Crippen LogP contribution < -0.4 is 5.32 Å². The molecule has 2 rings (SSSR count). The summed E-state index contributed by atoms with van der Waals surface area (Å²) in [5.41, 5.74) is 2.19. The van der Waals surface area contributed by atoms with Crippen LogP contribution in [0.5, 0.6) is 0 Å². The molecular weight excluding hydrogens is 316 g/mol. The molecule has 1 aromatic rings. The highest BCUT2D eigenvalue weighted by Crippen LogP contribution is 2.20. The highest BCUT2D eigenvalue weighted by molar-refractivity contribution is 6.30. The van der Waals surface area contributed by atoms with Crippen molar-refractivity contribution in [3.05, 3.63) is 16.4 Å². The average molecular weight is 345 g/mol. The van der Waals surface area contributed by atoms with Gasteiger partial charge in [0.25, 0.3) is 0 Å². The van der Waals surface area contributed by atoms with Crippen LogP contribution in [0, 0.1) is 0 Å². The van der Waals surface area contributed by atoms with E-state index >= 15 is 0 Å². The van der Waals surface area contributed by atoms with Crippen molar-refractivity contribution in [1.29, 1.82) is 0 Å². The van der Waals surface area contributed by atoms with Gasteiger partial charge in [-0.3, -0.25) is 4.68 Å². The number of nitrogens with zero attached hydrogens (tertiary/aromatic N) is 3. The van der Waals surface area contributed by atoms with Crippen molar-refractivity contribution in [2.75, 3.05) is 33.4 Å². The van der Waals surface area contributed by atoms with E-state index in [1.54, 1.807) is 11.8 Å². The third-order valence-electron chi connectivity index (χ3n) is 4.47. The lowest BCUT2D eigenvalue weighted by atomic mass is 10.0. The van der Waals surface area contributed by atoms with E-state index in [0.29, 0.717) is 19.2 Å². The lowest BCUT2D eigenvalue weighted by Gasteiger charge is -2.33. The van der Waals surface area contributed by atoms with E-state index in [4.69, 9.17) is 16.3 Å².